The molecule has 8 heteroatoms. The third kappa shape index (κ3) is 6.09. The molecule has 2 amide bonds. The fourth-order valence-electron chi connectivity index (χ4n) is 3.84. The molecule has 1 aliphatic rings. The largest absolute Gasteiger partial charge is 0.491 e. The fourth-order valence-corrected chi connectivity index (χ4v) is 3.84. The summed E-state index contributed by atoms with van der Waals surface area (Å²) in [6.07, 6.45) is -0.105. The predicted molar refractivity (Wildman–Crippen MR) is 125 cm³/mol. The number of hydrogen-bond acceptors (Lipinski definition) is 5. The van der Waals surface area contributed by atoms with Crippen molar-refractivity contribution in [2.24, 2.45) is 5.92 Å². The summed E-state index contributed by atoms with van der Waals surface area (Å²) in [5, 5.41) is 2.79. The van der Waals surface area contributed by atoms with Gasteiger partial charge in [0.2, 0.25) is 0 Å². The lowest BCUT2D eigenvalue weighted by atomic mass is 10.0. The van der Waals surface area contributed by atoms with E-state index in [1.165, 1.54) is 24.3 Å². The summed E-state index contributed by atoms with van der Waals surface area (Å²) in [7, 11) is 5.45. The highest BCUT2D eigenvalue weighted by Crippen LogP contribution is 2.27. The van der Waals surface area contributed by atoms with Crippen molar-refractivity contribution in [1.82, 2.24) is 9.80 Å². The van der Waals surface area contributed by atoms with E-state index in [0.29, 0.717) is 35.7 Å². The van der Waals surface area contributed by atoms with Gasteiger partial charge in [-0.2, -0.15) is 0 Å². The molecule has 0 unspecified atom stereocenters. The molecule has 0 spiro atoms. The summed E-state index contributed by atoms with van der Waals surface area (Å²) in [4.78, 5) is 29.6. The average Bonchev–Trinajstić information content (AvgIpc) is 2.80. The molecule has 1 heterocycles. The molecule has 33 heavy (non-hydrogen) atoms. The number of likely N-dealkylation sites (N-methyl/N-ethyl adjacent to an activating group) is 2. The van der Waals surface area contributed by atoms with Gasteiger partial charge in [0.25, 0.3) is 11.8 Å². The number of nitrogens with one attached hydrogen (secondary N) is 1. The smallest absolute Gasteiger partial charge is 0.257 e. The lowest BCUT2D eigenvalue weighted by Crippen LogP contribution is -2.45. The SMILES string of the molecule is CO[C@H]1CN(C)C(=O)c2ccc(NC(=O)c3ccc(F)cc3)cc2OC[C@@H](C)N(C)C[C@H]1C. The number of anilines is 1. The Bertz CT molecular complexity index is 982. The summed E-state index contributed by atoms with van der Waals surface area (Å²) in [5.41, 5.74) is 1.22. The molecular weight excluding hydrogens is 425 g/mol. The van der Waals surface area contributed by atoms with Gasteiger partial charge in [-0.1, -0.05) is 6.92 Å². The third-order valence-electron chi connectivity index (χ3n) is 6.12. The maximum Gasteiger partial charge on any atom is 0.257 e. The quantitative estimate of drug-likeness (QED) is 0.764. The first-order valence-corrected chi connectivity index (χ1v) is 11.0. The zero-order valence-corrected chi connectivity index (χ0v) is 19.8. The maximum atomic E-state index is 13.2. The van der Waals surface area contributed by atoms with Crippen molar-refractivity contribution < 1.29 is 23.5 Å². The van der Waals surface area contributed by atoms with Gasteiger partial charge in [-0.3, -0.25) is 14.5 Å². The van der Waals surface area contributed by atoms with E-state index in [0.717, 1.165) is 6.54 Å². The van der Waals surface area contributed by atoms with Gasteiger partial charge in [0.1, 0.15) is 18.2 Å². The lowest BCUT2D eigenvalue weighted by Gasteiger charge is -2.34. The Morgan fingerprint density at radius 2 is 1.82 bits per heavy atom. The Balaban J connectivity index is 1.89. The van der Waals surface area contributed by atoms with Crippen molar-refractivity contribution in [3.05, 3.63) is 59.4 Å². The van der Waals surface area contributed by atoms with Crippen LogP contribution in [0.5, 0.6) is 5.75 Å². The first-order valence-electron chi connectivity index (χ1n) is 11.0. The summed E-state index contributed by atoms with van der Waals surface area (Å²) >= 11 is 0. The van der Waals surface area contributed by atoms with Gasteiger partial charge in [0.05, 0.1) is 11.7 Å². The van der Waals surface area contributed by atoms with Crippen molar-refractivity contribution in [3.63, 3.8) is 0 Å². The Hall–Kier alpha value is -2.97. The van der Waals surface area contributed by atoms with E-state index in [1.807, 2.05) is 7.05 Å². The Kier molecular flexibility index (Phi) is 8.05. The molecule has 0 saturated carbocycles. The number of nitrogens with zero attached hydrogens (tertiary/aromatic N) is 2. The molecule has 1 aliphatic heterocycles. The van der Waals surface area contributed by atoms with E-state index in [9.17, 15) is 14.0 Å². The average molecular weight is 458 g/mol. The van der Waals surface area contributed by atoms with Gasteiger partial charge in [-0.25, -0.2) is 4.39 Å². The predicted octanol–water partition coefficient (Wildman–Crippen LogP) is 3.51. The monoisotopic (exact) mass is 457 g/mol. The van der Waals surface area contributed by atoms with Crippen LogP contribution >= 0.6 is 0 Å². The highest BCUT2D eigenvalue weighted by atomic mass is 19.1. The number of methoxy groups -OCH3 is 1. The first-order chi connectivity index (χ1) is 15.7. The van der Waals surface area contributed by atoms with Gasteiger partial charge in [0, 0.05) is 50.6 Å². The molecule has 0 aliphatic carbocycles. The maximum absolute atomic E-state index is 13.2. The molecule has 0 saturated heterocycles. The number of hydrogen-bond donors (Lipinski definition) is 1. The van der Waals surface area contributed by atoms with Crippen LogP contribution in [0.3, 0.4) is 0 Å². The molecule has 0 fully saturated rings. The molecule has 7 nitrogen and oxygen atoms in total. The topological polar surface area (TPSA) is 71.1 Å². The lowest BCUT2D eigenvalue weighted by molar-refractivity contribution is 0.0150. The number of benzene rings is 2. The number of ether oxygens (including phenoxy) is 2. The molecule has 2 aromatic rings. The van der Waals surface area contributed by atoms with Crippen LogP contribution in [0.25, 0.3) is 0 Å². The molecule has 0 radical (unpaired) electrons. The summed E-state index contributed by atoms with van der Waals surface area (Å²) in [5.74, 6) is -0.354. The van der Waals surface area contributed by atoms with Gasteiger partial charge >= 0.3 is 0 Å². The highest BCUT2D eigenvalue weighted by molar-refractivity contribution is 6.05. The second-order valence-electron chi connectivity index (χ2n) is 8.71. The normalized spacial score (nSPS) is 22.5. The van der Waals surface area contributed by atoms with Crippen molar-refractivity contribution in [2.75, 3.05) is 46.2 Å². The minimum Gasteiger partial charge on any atom is -0.491 e. The molecule has 0 aromatic heterocycles. The van der Waals surface area contributed by atoms with E-state index in [-0.39, 0.29) is 29.9 Å². The summed E-state index contributed by atoms with van der Waals surface area (Å²) < 4.78 is 24.9. The summed E-state index contributed by atoms with van der Waals surface area (Å²) in [6, 6.07) is 10.4. The van der Waals surface area contributed by atoms with Gasteiger partial charge in [-0.15, -0.1) is 0 Å². The number of amides is 2. The molecule has 1 N–H and O–H groups in total. The second-order valence-corrected chi connectivity index (χ2v) is 8.71. The number of rotatable bonds is 3. The standard InChI is InChI=1S/C25H32FN3O4/c1-16-13-28(3)17(2)15-33-22-12-20(27-24(30)18-6-8-19(26)9-7-18)10-11-21(22)25(31)29(4)14-23(16)32-5/h6-12,16-17,23H,13-15H2,1-5H3,(H,27,30)/t16-,17-,23+/m1/s1. The van der Waals surface area contributed by atoms with Crippen LogP contribution < -0.4 is 10.1 Å². The van der Waals surface area contributed by atoms with Crippen LogP contribution in [-0.2, 0) is 4.74 Å². The third-order valence-corrected chi connectivity index (χ3v) is 6.12. The number of carbonyl (C=O) groups is 2. The van der Waals surface area contributed by atoms with Crippen molar-refractivity contribution in [3.8, 4) is 5.75 Å². The van der Waals surface area contributed by atoms with Gasteiger partial charge < -0.3 is 19.7 Å². The van der Waals surface area contributed by atoms with Crippen LogP contribution in [0.2, 0.25) is 0 Å². The molecular formula is C25H32FN3O4. The van der Waals surface area contributed by atoms with Gasteiger partial charge in [-0.05, 0) is 56.3 Å². The van der Waals surface area contributed by atoms with E-state index < -0.39 is 5.82 Å². The van der Waals surface area contributed by atoms with E-state index in [4.69, 9.17) is 9.47 Å². The minimum absolute atomic E-state index is 0.0996. The van der Waals surface area contributed by atoms with Gasteiger partial charge in [0.15, 0.2) is 0 Å². The zero-order valence-electron chi connectivity index (χ0n) is 19.8. The first kappa shape index (κ1) is 24.7. The van der Waals surface area contributed by atoms with Crippen LogP contribution in [-0.4, -0.2) is 74.7 Å². The van der Waals surface area contributed by atoms with Crippen molar-refractivity contribution in [2.45, 2.75) is 26.0 Å². The highest BCUT2D eigenvalue weighted by Gasteiger charge is 2.27. The van der Waals surface area contributed by atoms with E-state index in [1.54, 1.807) is 37.3 Å². The Morgan fingerprint density at radius 1 is 1.12 bits per heavy atom. The fraction of sp³-hybridized carbons (Fsp3) is 0.440. The van der Waals surface area contributed by atoms with Crippen LogP contribution in [0.1, 0.15) is 34.6 Å². The van der Waals surface area contributed by atoms with Crippen LogP contribution in [0.15, 0.2) is 42.5 Å². The zero-order chi connectivity index (χ0) is 24.1. The number of fused-ring (bicyclic) bond motifs is 1. The van der Waals surface area contributed by atoms with Crippen LogP contribution in [0.4, 0.5) is 10.1 Å². The second kappa shape index (κ2) is 10.8. The molecule has 178 valence electrons. The molecule has 3 atom stereocenters. The Labute approximate surface area is 194 Å². The van der Waals surface area contributed by atoms with E-state index >= 15 is 0 Å². The molecule has 0 bridgehead atoms. The van der Waals surface area contributed by atoms with Crippen LogP contribution in [0, 0.1) is 11.7 Å². The Morgan fingerprint density at radius 3 is 2.48 bits per heavy atom. The summed E-state index contributed by atoms with van der Waals surface area (Å²) in [6.45, 7) is 5.80. The molecule has 3 rings (SSSR count). The number of halogens is 1. The van der Waals surface area contributed by atoms with Crippen molar-refractivity contribution >= 4 is 17.5 Å². The van der Waals surface area contributed by atoms with Crippen molar-refractivity contribution in [1.29, 1.82) is 0 Å². The number of carbonyl (C=O) groups excluding carboxylic acids is 2. The van der Waals surface area contributed by atoms with E-state index in [2.05, 4.69) is 24.1 Å². The molecule has 2 aromatic carbocycles. The minimum atomic E-state index is -0.411.